The zero-order valence-electron chi connectivity index (χ0n) is 25.4. The molecule has 4 aromatic carbocycles. The van der Waals surface area contributed by atoms with E-state index in [4.69, 9.17) is 4.42 Å². The summed E-state index contributed by atoms with van der Waals surface area (Å²) in [5.41, 5.74) is 4.45. The van der Waals surface area contributed by atoms with Crippen molar-refractivity contribution in [2.24, 2.45) is 0 Å². The van der Waals surface area contributed by atoms with Crippen LogP contribution in [0.4, 0.5) is 13.2 Å². The highest BCUT2D eigenvalue weighted by Crippen LogP contribution is 2.29. The van der Waals surface area contributed by atoms with Gasteiger partial charge in [-0.05, 0) is 52.4 Å². The normalized spacial score (nSPS) is 13.7. The zero-order valence-corrected chi connectivity index (χ0v) is 25.4. The first kappa shape index (κ1) is 31.5. The van der Waals surface area contributed by atoms with Gasteiger partial charge in [0.05, 0.1) is 11.8 Å². The first-order valence-corrected chi connectivity index (χ1v) is 15.3. The van der Waals surface area contributed by atoms with E-state index in [1.54, 1.807) is 11.1 Å². The van der Waals surface area contributed by atoms with Crippen molar-refractivity contribution in [2.75, 3.05) is 6.54 Å². The van der Waals surface area contributed by atoms with Gasteiger partial charge in [0.15, 0.2) is 12.2 Å². The molecule has 2 heterocycles. The second kappa shape index (κ2) is 13.9. The Morgan fingerprint density at radius 1 is 0.872 bits per heavy atom. The zero-order chi connectivity index (χ0) is 32.8. The summed E-state index contributed by atoms with van der Waals surface area (Å²) in [4.78, 5) is 35.9. The van der Waals surface area contributed by atoms with Crippen LogP contribution in [-0.2, 0) is 41.7 Å². The number of amides is 2. The van der Waals surface area contributed by atoms with Crippen molar-refractivity contribution in [1.29, 1.82) is 0 Å². The second-order valence-corrected chi connectivity index (χ2v) is 11.5. The van der Waals surface area contributed by atoms with Crippen LogP contribution in [0.25, 0.3) is 17.4 Å². The molecule has 0 radical (unpaired) electrons. The molecule has 1 atom stereocenters. The fourth-order valence-electron chi connectivity index (χ4n) is 5.78. The SMILES string of the molecule is O=C([C@H](Cc1ccccc1)N(Cc1ccc(-c2cnco2)cc1)C(=O)C=Cc1ccc(C(F)(F)F)cc1)N1CCc2ccccc2C1. The van der Waals surface area contributed by atoms with Gasteiger partial charge in [-0.15, -0.1) is 0 Å². The van der Waals surface area contributed by atoms with E-state index in [9.17, 15) is 22.8 Å². The molecule has 0 saturated carbocycles. The summed E-state index contributed by atoms with van der Waals surface area (Å²) in [5.74, 6) is 0.000264. The van der Waals surface area contributed by atoms with Gasteiger partial charge in [0.1, 0.15) is 6.04 Å². The van der Waals surface area contributed by atoms with E-state index >= 15 is 0 Å². The number of oxazole rings is 1. The quantitative estimate of drug-likeness (QED) is 0.157. The maximum Gasteiger partial charge on any atom is 0.416 e. The first-order chi connectivity index (χ1) is 22.7. The largest absolute Gasteiger partial charge is 0.444 e. The summed E-state index contributed by atoms with van der Waals surface area (Å²) < 4.78 is 44.7. The standard InChI is InChI=1S/C38H32F3N3O3/c39-38(40,41)33-17-12-27(13-18-33)14-19-36(45)44(24-29-10-15-31(16-11-29)35-23-42-26-47-35)34(22-28-6-2-1-3-7-28)37(46)43-21-20-30-8-4-5-9-32(30)25-43/h1-19,23,26,34H,20-22,24-25H2/t34-/m0/s1. The van der Waals surface area contributed by atoms with E-state index in [-0.39, 0.29) is 18.9 Å². The van der Waals surface area contributed by atoms with Gasteiger partial charge in [0.25, 0.3) is 0 Å². The van der Waals surface area contributed by atoms with Crippen molar-refractivity contribution in [3.8, 4) is 11.3 Å². The fraction of sp³-hybridized carbons (Fsp3) is 0.184. The van der Waals surface area contributed by atoms with Crippen LogP contribution in [-0.4, -0.2) is 39.2 Å². The van der Waals surface area contributed by atoms with Crippen molar-refractivity contribution in [3.63, 3.8) is 0 Å². The topological polar surface area (TPSA) is 66.7 Å². The van der Waals surface area contributed by atoms with Crippen LogP contribution in [0.5, 0.6) is 0 Å². The van der Waals surface area contributed by atoms with Crippen molar-refractivity contribution in [2.45, 2.75) is 38.1 Å². The number of fused-ring (bicyclic) bond motifs is 1. The molecule has 0 aliphatic carbocycles. The Hall–Kier alpha value is -5.44. The van der Waals surface area contributed by atoms with Gasteiger partial charge in [0, 0.05) is 37.7 Å². The lowest BCUT2D eigenvalue weighted by atomic mass is 9.97. The number of hydrogen-bond donors (Lipinski definition) is 0. The third-order valence-electron chi connectivity index (χ3n) is 8.34. The van der Waals surface area contributed by atoms with Gasteiger partial charge in [-0.3, -0.25) is 9.59 Å². The minimum absolute atomic E-state index is 0.126. The molecule has 2 amide bonds. The molecule has 5 aromatic rings. The average molecular weight is 636 g/mol. The van der Waals surface area contributed by atoms with E-state index in [1.165, 1.54) is 36.2 Å². The predicted molar refractivity (Wildman–Crippen MR) is 172 cm³/mol. The smallest absolute Gasteiger partial charge is 0.416 e. The van der Waals surface area contributed by atoms with Crippen LogP contribution in [0.15, 0.2) is 126 Å². The molecule has 0 spiro atoms. The number of nitrogens with zero attached hydrogens (tertiary/aromatic N) is 3. The van der Waals surface area contributed by atoms with E-state index in [1.807, 2.05) is 77.7 Å². The maximum atomic E-state index is 14.4. The number of hydrogen-bond acceptors (Lipinski definition) is 4. The Balaban J connectivity index is 1.33. The van der Waals surface area contributed by atoms with Crippen LogP contribution < -0.4 is 0 Å². The molecule has 0 bridgehead atoms. The molecule has 0 saturated heterocycles. The number of carbonyl (C=O) groups excluding carboxylic acids is 2. The lowest BCUT2D eigenvalue weighted by Crippen LogP contribution is -2.52. The highest BCUT2D eigenvalue weighted by Gasteiger charge is 2.34. The van der Waals surface area contributed by atoms with Gasteiger partial charge < -0.3 is 14.2 Å². The van der Waals surface area contributed by atoms with E-state index in [0.717, 1.165) is 34.4 Å². The second-order valence-electron chi connectivity index (χ2n) is 11.5. The minimum Gasteiger partial charge on any atom is -0.444 e. The Morgan fingerprint density at radius 3 is 2.26 bits per heavy atom. The molecule has 9 heteroatoms. The third kappa shape index (κ3) is 7.69. The predicted octanol–water partition coefficient (Wildman–Crippen LogP) is 7.60. The Bertz CT molecular complexity index is 1840. The average Bonchev–Trinajstić information content (AvgIpc) is 3.64. The van der Waals surface area contributed by atoms with Gasteiger partial charge in [0.2, 0.25) is 11.8 Å². The Labute approximate surface area is 270 Å². The van der Waals surface area contributed by atoms with Gasteiger partial charge in [-0.2, -0.15) is 13.2 Å². The fourth-order valence-corrected chi connectivity index (χ4v) is 5.78. The summed E-state index contributed by atoms with van der Waals surface area (Å²) in [6.07, 6.45) is 2.30. The monoisotopic (exact) mass is 635 g/mol. The highest BCUT2D eigenvalue weighted by atomic mass is 19.4. The molecule has 1 aliphatic heterocycles. The van der Waals surface area contributed by atoms with Crippen molar-refractivity contribution < 1.29 is 27.2 Å². The number of rotatable bonds is 9. The van der Waals surface area contributed by atoms with Crippen molar-refractivity contribution >= 4 is 17.9 Å². The van der Waals surface area contributed by atoms with Gasteiger partial charge >= 0.3 is 6.18 Å². The van der Waals surface area contributed by atoms with E-state index in [0.29, 0.717) is 30.8 Å². The van der Waals surface area contributed by atoms with Crippen molar-refractivity contribution in [1.82, 2.24) is 14.8 Å². The lowest BCUT2D eigenvalue weighted by molar-refractivity contribution is -0.144. The molecule has 6 nitrogen and oxygen atoms in total. The van der Waals surface area contributed by atoms with E-state index in [2.05, 4.69) is 11.1 Å². The van der Waals surface area contributed by atoms with Crippen LogP contribution in [0.1, 0.15) is 33.4 Å². The summed E-state index contributed by atoms with van der Waals surface area (Å²) in [5, 5.41) is 0. The summed E-state index contributed by atoms with van der Waals surface area (Å²) in [7, 11) is 0. The molecule has 1 aliphatic rings. The maximum absolute atomic E-state index is 14.4. The minimum atomic E-state index is -4.46. The number of aromatic nitrogens is 1. The van der Waals surface area contributed by atoms with Gasteiger partial charge in [-0.1, -0.05) is 91.0 Å². The third-order valence-corrected chi connectivity index (χ3v) is 8.34. The molecule has 238 valence electrons. The molecule has 0 fully saturated rings. The molecule has 47 heavy (non-hydrogen) atoms. The molecule has 0 N–H and O–H groups in total. The van der Waals surface area contributed by atoms with Crippen LogP contribution >= 0.6 is 0 Å². The van der Waals surface area contributed by atoms with Crippen LogP contribution in [0.2, 0.25) is 0 Å². The number of benzene rings is 4. The number of halogens is 3. The molecular formula is C38H32F3N3O3. The lowest BCUT2D eigenvalue weighted by Gasteiger charge is -2.37. The van der Waals surface area contributed by atoms with E-state index < -0.39 is 23.7 Å². The highest BCUT2D eigenvalue weighted by molar-refractivity contribution is 5.96. The summed E-state index contributed by atoms with van der Waals surface area (Å²) in [6.45, 7) is 1.09. The molecule has 0 unspecified atom stereocenters. The summed E-state index contributed by atoms with van der Waals surface area (Å²) in [6, 6.07) is 28.8. The van der Waals surface area contributed by atoms with Gasteiger partial charge in [-0.25, -0.2) is 4.98 Å². The van der Waals surface area contributed by atoms with Crippen molar-refractivity contribution in [3.05, 3.63) is 155 Å². The Kier molecular flexibility index (Phi) is 9.33. The summed E-state index contributed by atoms with van der Waals surface area (Å²) >= 11 is 0. The van der Waals surface area contributed by atoms with Crippen LogP contribution in [0.3, 0.4) is 0 Å². The molecule has 1 aromatic heterocycles. The molecular weight excluding hydrogens is 603 g/mol. The number of carbonyl (C=O) groups is 2. The molecule has 6 rings (SSSR count). The Morgan fingerprint density at radius 2 is 1.57 bits per heavy atom. The van der Waals surface area contributed by atoms with Crippen LogP contribution in [0, 0.1) is 0 Å². The number of alkyl halides is 3. The first-order valence-electron chi connectivity index (χ1n) is 15.3.